The molecule has 5 heteroatoms. The summed E-state index contributed by atoms with van der Waals surface area (Å²) in [6.07, 6.45) is -1.02. The molecule has 0 saturated heterocycles. The molecule has 5 nitrogen and oxygen atoms in total. The highest BCUT2D eigenvalue weighted by atomic mass is 16.5. The van der Waals surface area contributed by atoms with Gasteiger partial charge in [0.2, 0.25) is 5.76 Å². The molecule has 1 unspecified atom stereocenters. The van der Waals surface area contributed by atoms with Gasteiger partial charge in [0.15, 0.2) is 0 Å². The fourth-order valence-corrected chi connectivity index (χ4v) is 1.72. The van der Waals surface area contributed by atoms with E-state index in [9.17, 15) is 9.90 Å². The van der Waals surface area contributed by atoms with Gasteiger partial charge in [0.1, 0.15) is 17.6 Å². The molecule has 19 heavy (non-hydrogen) atoms. The second-order valence-corrected chi connectivity index (χ2v) is 3.92. The molecule has 2 rings (SSSR count). The number of carboxylic acids is 1. The Bertz CT molecular complexity index is 573. The number of hydrogen-bond acceptors (Lipinski definition) is 4. The molecular weight excluding hydrogens is 248 g/mol. The lowest BCUT2D eigenvalue weighted by molar-refractivity contribution is 0.0655. The van der Waals surface area contributed by atoms with Gasteiger partial charge in [0.05, 0.1) is 6.61 Å². The van der Waals surface area contributed by atoms with Crippen LogP contribution in [-0.2, 0) is 0 Å². The fourth-order valence-electron chi connectivity index (χ4n) is 1.72. The van der Waals surface area contributed by atoms with Crippen LogP contribution >= 0.6 is 0 Å². The summed E-state index contributed by atoms with van der Waals surface area (Å²) in [6.45, 7) is 2.40. The Morgan fingerprint density at radius 3 is 2.79 bits per heavy atom. The van der Waals surface area contributed by atoms with E-state index in [1.54, 1.807) is 24.3 Å². The van der Waals surface area contributed by atoms with Gasteiger partial charge in [-0.3, -0.25) is 0 Å². The molecular formula is C14H14O5. The minimum absolute atomic E-state index is 0.186. The number of carbonyl (C=O) groups is 1. The minimum atomic E-state index is -1.17. The molecule has 0 saturated carbocycles. The number of rotatable bonds is 5. The van der Waals surface area contributed by atoms with Crippen molar-refractivity contribution in [2.75, 3.05) is 6.61 Å². The Morgan fingerprint density at radius 2 is 2.16 bits per heavy atom. The number of aliphatic hydroxyl groups is 1. The van der Waals surface area contributed by atoms with Gasteiger partial charge in [-0.1, -0.05) is 12.1 Å². The summed E-state index contributed by atoms with van der Waals surface area (Å²) < 4.78 is 10.4. The zero-order valence-corrected chi connectivity index (χ0v) is 10.4. The molecule has 0 aliphatic carbocycles. The Hall–Kier alpha value is -2.27. The third kappa shape index (κ3) is 2.95. The van der Waals surface area contributed by atoms with Crippen molar-refractivity contribution < 1.29 is 24.2 Å². The maximum Gasteiger partial charge on any atom is 0.371 e. The van der Waals surface area contributed by atoms with Gasteiger partial charge >= 0.3 is 5.97 Å². The summed E-state index contributed by atoms with van der Waals surface area (Å²) >= 11 is 0. The van der Waals surface area contributed by atoms with Crippen molar-refractivity contribution in [1.29, 1.82) is 0 Å². The highest BCUT2D eigenvalue weighted by Gasteiger charge is 2.17. The average Bonchev–Trinajstić information content (AvgIpc) is 2.88. The van der Waals surface area contributed by atoms with Crippen LogP contribution in [0.1, 0.15) is 34.9 Å². The van der Waals surface area contributed by atoms with Crippen LogP contribution in [0.2, 0.25) is 0 Å². The first-order chi connectivity index (χ1) is 9.11. The molecule has 2 N–H and O–H groups in total. The number of ether oxygens (including phenoxy) is 1. The lowest BCUT2D eigenvalue weighted by atomic mass is 10.1. The van der Waals surface area contributed by atoms with Crippen molar-refractivity contribution in [3.8, 4) is 5.75 Å². The van der Waals surface area contributed by atoms with E-state index in [1.165, 1.54) is 12.1 Å². The van der Waals surface area contributed by atoms with Crippen molar-refractivity contribution in [3.63, 3.8) is 0 Å². The smallest absolute Gasteiger partial charge is 0.371 e. The lowest BCUT2D eigenvalue weighted by Crippen LogP contribution is -2.00. The molecule has 100 valence electrons. The second kappa shape index (κ2) is 5.58. The molecule has 1 atom stereocenters. The molecule has 1 aromatic carbocycles. The van der Waals surface area contributed by atoms with Crippen molar-refractivity contribution in [2.24, 2.45) is 0 Å². The molecule has 0 fully saturated rings. The van der Waals surface area contributed by atoms with Gasteiger partial charge in [-0.2, -0.15) is 0 Å². The lowest BCUT2D eigenvalue weighted by Gasteiger charge is -2.10. The van der Waals surface area contributed by atoms with Crippen LogP contribution in [-0.4, -0.2) is 22.8 Å². The highest BCUT2D eigenvalue weighted by molar-refractivity contribution is 5.84. The van der Waals surface area contributed by atoms with E-state index in [1.807, 2.05) is 6.92 Å². The zero-order valence-electron chi connectivity index (χ0n) is 10.4. The molecule has 1 heterocycles. The number of aromatic carboxylic acids is 1. The van der Waals surface area contributed by atoms with Crippen LogP contribution in [0, 0.1) is 0 Å². The number of hydrogen-bond donors (Lipinski definition) is 2. The highest BCUT2D eigenvalue weighted by Crippen LogP contribution is 2.26. The topological polar surface area (TPSA) is 79.9 Å². The van der Waals surface area contributed by atoms with Gasteiger partial charge in [0.25, 0.3) is 0 Å². The van der Waals surface area contributed by atoms with Crippen molar-refractivity contribution in [2.45, 2.75) is 13.0 Å². The summed E-state index contributed by atoms with van der Waals surface area (Å²) in [4.78, 5) is 10.7. The predicted octanol–water partition coefficient (Wildman–Crippen LogP) is 2.46. The van der Waals surface area contributed by atoms with Crippen molar-refractivity contribution in [3.05, 3.63) is 53.5 Å². The molecule has 0 radical (unpaired) electrons. The molecule has 0 aliphatic heterocycles. The van der Waals surface area contributed by atoms with E-state index >= 15 is 0 Å². The summed E-state index contributed by atoms with van der Waals surface area (Å²) in [5.74, 6) is -0.536. The molecule has 0 aliphatic rings. The average molecular weight is 262 g/mol. The van der Waals surface area contributed by atoms with Crippen LogP contribution in [0.4, 0.5) is 0 Å². The standard InChI is InChI=1S/C14H14O5/c1-2-18-10-5-3-4-9(8-10)13(15)11-6-7-12(19-11)14(16)17/h3-8,13,15H,2H2,1H3,(H,16,17). The Labute approximate surface area is 110 Å². The van der Waals surface area contributed by atoms with E-state index in [0.29, 0.717) is 17.9 Å². The normalized spacial score (nSPS) is 12.1. The molecule has 1 aromatic heterocycles. The van der Waals surface area contributed by atoms with E-state index in [-0.39, 0.29) is 11.5 Å². The third-order valence-electron chi connectivity index (χ3n) is 2.59. The number of furan rings is 1. The number of carboxylic acid groups (broad SMARTS) is 1. The van der Waals surface area contributed by atoms with E-state index in [0.717, 1.165) is 0 Å². The maximum atomic E-state index is 10.7. The van der Waals surface area contributed by atoms with Gasteiger partial charge in [0, 0.05) is 0 Å². The monoisotopic (exact) mass is 262 g/mol. The van der Waals surface area contributed by atoms with Crippen LogP contribution in [0.5, 0.6) is 5.75 Å². The summed E-state index contributed by atoms with van der Waals surface area (Å²) in [5.41, 5.74) is 0.581. The summed E-state index contributed by atoms with van der Waals surface area (Å²) in [6, 6.07) is 9.71. The van der Waals surface area contributed by atoms with E-state index in [4.69, 9.17) is 14.3 Å². The SMILES string of the molecule is CCOc1cccc(C(O)c2ccc(C(=O)O)o2)c1. The third-order valence-corrected chi connectivity index (χ3v) is 2.59. The largest absolute Gasteiger partial charge is 0.494 e. The van der Waals surface area contributed by atoms with Crippen LogP contribution in [0.25, 0.3) is 0 Å². The second-order valence-electron chi connectivity index (χ2n) is 3.92. The van der Waals surface area contributed by atoms with Gasteiger partial charge < -0.3 is 19.4 Å². The quantitative estimate of drug-likeness (QED) is 0.865. The maximum absolute atomic E-state index is 10.7. The Balaban J connectivity index is 2.24. The van der Waals surface area contributed by atoms with Gasteiger partial charge in [-0.15, -0.1) is 0 Å². The van der Waals surface area contributed by atoms with Gasteiger partial charge in [-0.05, 0) is 36.8 Å². The first-order valence-corrected chi connectivity index (χ1v) is 5.85. The predicted molar refractivity (Wildman–Crippen MR) is 67.3 cm³/mol. The van der Waals surface area contributed by atoms with Crippen LogP contribution < -0.4 is 4.74 Å². The van der Waals surface area contributed by atoms with Crippen molar-refractivity contribution in [1.82, 2.24) is 0 Å². The zero-order chi connectivity index (χ0) is 13.8. The fraction of sp³-hybridized carbons (Fsp3) is 0.214. The number of aliphatic hydroxyl groups excluding tert-OH is 1. The van der Waals surface area contributed by atoms with Crippen LogP contribution in [0.3, 0.4) is 0 Å². The van der Waals surface area contributed by atoms with Gasteiger partial charge in [-0.25, -0.2) is 4.79 Å². The minimum Gasteiger partial charge on any atom is -0.494 e. The molecule has 2 aromatic rings. The first kappa shape index (κ1) is 13.2. The number of benzene rings is 1. The van der Waals surface area contributed by atoms with E-state index < -0.39 is 12.1 Å². The Kier molecular flexibility index (Phi) is 3.87. The summed E-state index contributed by atoms with van der Waals surface area (Å²) in [7, 11) is 0. The molecule has 0 bridgehead atoms. The summed E-state index contributed by atoms with van der Waals surface area (Å²) in [5, 5.41) is 18.9. The molecule has 0 amide bonds. The Morgan fingerprint density at radius 1 is 1.37 bits per heavy atom. The van der Waals surface area contributed by atoms with Crippen LogP contribution in [0.15, 0.2) is 40.8 Å². The molecule has 0 spiro atoms. The van der Waals surface area contributed by atoms with Crippen molar-refractivity contribution >= 4 is 5.97 Å². The first-order valence-electron chi connectivity index (χ1n) is 5.85. The van der Waals surface area contributed by atoms with E-state index in [2.05, 4.69) is 0 Å².